The molecule has 6 nitrogen and oxygen atoms in total. The van der Waals surface area contributed by atoms with Crippen LogP contribution in [0.15, 0.2) is 48.0 Å². The number of aliphatic hydroxyl groups is 1. The van der Waals surface area contributed by atoms with Crippen molar-refractivity contribution in [1.82, 2.24) is 4.90 Å². The summed E-state index contributed by atoms with van der Waals surface area (Å²) in [5, 5.41) is 11.2. The number of benzene rings is 2. The van der Waals surface area contributed by atoms with Crippen molar-refractivity contribution in [3.63, 3.8) is 0 Å². The maximum absolute atomic E-state index is 14.7. The maximum Gasteiger partial charge on any atom is 0.295 e. The molecule has 1 N–H and O–H groups in total. The van der Waals surface area contributed by atoms with Crippen molar-refractivity contribution in [3.05, 3.63) is 70.0 Å². The third-order valence-electron chi connectivity index (χ3n) is 5.16. The van der Waals surface area contributed by atoms with E-state index in [4.69, 9.17) is 21.1 Å². The fraction of sp³-hybridized carbons (Fsp3) is 0.333. The minimum absolute atomic E-state index is 0.0209. The van der Waals surface area contributed by atoms with Gasteiger partial charge in [-0.2, -0.15) is 0 Å². The highest BCUT2D eigenvalue weighted by Gasteiger charge is 2.46. The van der Waals surface area contributed by atoms with E-state index in [2.05, 4.69) is 0 Å². The van der Waals surface area contributed by atoms with Crippen LogP contribution in [0.4, 0.5) is 4.39 Å². The molecule has 0 aliphatic carbocycles. The first-order chi connectivity index (χ1) is 15.3. The summed E-state index contributed by atoms with van der Waals surface area (Å²) in [5.74, 6) is -2.31. The van der Waals surface area contributed by atoms with Gasteiger partial charge in [0, 0.05) is 24.3 Å². The van der Waals surface area contributed by atoms with Crippen LogP contribution >= 0.6 is 11.6 Å². The molecule has 1 heterocycles. The van der Waals surface area contributed by atoms with Gasteiger partial charge in [-0.25, -0.2) is 4.39 Å². The van der Waals surface area contributed by atoms with Gasteiger partial charge in [-0.1, -0.05) is 29.8 Å². The monoisotopic (exact) mass is 461 g/mol. The Labute approximate surface area is 191 Å². The lowest BCUT2D eigenvalue weighted by Gasteiger charge is -2.25. The second-order valence-corrected chi connectivity index (χ2v) is 8.04. The third kappa shape index (κ3) is 4.79. The number of methoxy groups -OCH3 is 1. The molecule has 0 radical (unpaired) electrons. The van der Waals surface area contributed by atoms with Gasteiger partial charge >= 0.3 is 0 Å². The Balaban J connectivity index is 2.07. The molecule has 3 rings (SSSR count). The smallest absolute Gasteiger partial charge is 0.295 e. The van der Waals surface area contributed by atoms with Crippen molar-refractivity contribution >= 4 is 29.1 Å². The van der Waals surface area contributed by atoms with Gasteiger partial charge in [0.25, 0.3) is 11.7 Å². The lowest BCUT2D eigenvalue weighted by atomic mass is 9.95. The average molecular weight is 462 g/mol. The van der Waals surface area contributed by atoms with E-state index in [0.29, 0.717) is 18.8 Å². The van der Waals surface area contributed by atoms with Crippen LogP contribution in [0.3, 0.4) is 0 Å². The topological polar surface area (TPSA) is 76.1 Å². The zero-order chi connectivity index (χ0) is 23.4. The van der Waals surface area contributed by atoms with Crippen LogP contribution in [-0.4, -0.2) is 48.1 Å². The van der Waals surface area contributed by atoms with Crippen molar-refractivity contribution in [2.45, 2.75) is 32.4 Å². The number of aliphatic hydroxyl groups excluding tert-OH is 1. The van der Waals surface area contributed by atoms with Crippen LogP contribution < -0.4 is 4.74 Å². The molecule has 1 unspecified atom stereocenters. The molecule has 0 saturated carbocycles. The number of ketones is 1. The van der Waals surface area contributed by atoms with Crippen molar-refractivity contribution in [2.24, 2.45) is 0 Å². The average Bonchev–Trinajstić information content (AvgIpc) is 3.01. The summed E-state index contributed by atoms with van der Waals surface area (Å²) in [6, 6.07) is 9.29. The number of carbonyl (C=O) groups is 2. The molecule has 8 heteroatoms. The zero-order valence-electron chi connectivity index (χ0n) is 18.1. The van der Waals surface area contributed by atoms with Gasteiger partial charge in [-0.3, -0.25) is 9.59 Å². The summed E-state index contributed by atoms with van der Waals surface area (Å²) < 4.78 is 25.4. The number of carbonyl (C=O) groups excluding carboxylic acids is 2. The molecule has 1 saturated heterocycles. The normalized spacial score (nSPS) is 17.9. The number of nitrogens with zero attached hydrogens (tertiary/aromatic N) is 1. The van der Waals surface area contributed by atoms with Gasteiger partial charge in [0.15, 0.2) is 0 Å². The molecule has 1 aliphatic heterocycles. The summed E-state index contributed by atoms with van der Waals surface area (Å²) in [6.07, 6.45) is 0.470. The van der Waals surface area contributed by atoms with E-state index in [9.17, 15) is 19.1 Å². The molecule has 170 valence electrons. The number of ether oxygens (including phenoxy) is 2. The third-order valence-corrected chi connectivity index (χ3v) is 5.45. The molecule has 0 spiro atoms. The lowest BCUT2D eigenvalue weighted by Crippen LogP contribution is -2.31. The number of amides is 1. The summed E-state index contributed by atoms with van der Waals surface area (Å²) in [6.45, 7) is 4.33. The summed E-state index contributed by atoms with van der Waals surface area (Å²) in [7, 11) is 1.45. The van der Waals surface area contributed by atoms with E-state index in [0.717, 1.165) is 0 Å². The van der Waals surface area contributed by atoms with Gasteiger partial charge in [-0.15, -0.1) is 0 Å². The SMILES string of the molecule is COc1ccc(/C(O)=C2\C(=O)C(=O)N(CCCOC(C)C)C2c2ccccc2F)cc1Cl. The van der Waals surface area contributed by atoms with Gasteiger partial charge in [0.1, 0.15) is 17.3 Å². The fourth-order valence-electron chi connectivity index (χ4n) is 3.65. The molecule has 1 aliphatic rings. The van der Waals surface area contributed by atoms with E-state index in [1.54, 1.807) is 6.07 Å². The minimum Gasteiger partial charge on any atom is -0.507 e. The predicted molar refractivity (Wildman–Crippen MR) is 119 cm³/mol. The van der Waals surface area contributed by atoms with Crippen LogP contribution in [0.1, 0.15) is 37.4 Å². The number of rotatable bonds is 8. The molecule has 1 fully saturated rings. The van der Waals surface area contributed by atoms with Crippen LogP contribution in [-0.2, 0) is 14.3 Å². The summed E-state index contributed by atoms with van der Waals surface area (Å²) in [5.41, 5.74) is 0.155. The highest BCUT2D eigenvalue weighted by atomic mass is 35.5. The highest BCUT2D eigenvalue weighted by Crippen LogP contribution is 2.41. The summed E-state index contributed by atoms with van der Waals surface area (Å²) >= 11 is 6.17. The zero-order valence-corrected chi connectivity index (χ0v) is 18.9. The van der Waals surface area contributed by atoms with Crippen molar-refractivity contribution in [2.75, 3.05) is 20.3 Å². The molecule has 1 atom stereocenters. The molecule has 0 bridgehead atoms. The van der Waals surface area contributed by atoms with Crippen molar-refractivity contribution in [1.29, 1.82) is 0 Å². The van der Waals surface area contributed by atoms with E-state index in [1.807, 2.05) is 13.8 Å². The van der Waals surface area contributed by atoms with Crippen LogP contribution in [0.25, 0.3) is 5.76 Å². The number of likely N-dealkylation sites (tertiary alicyclic amines) is 1. The van der Waals surface area contributed by atoms with E-state index >= 15 is 0 Å². The molecule has 0 aromatic heterocycles. The Hall–Kier alpha value is -2.90. The van der Waals surface area contributed by atoms with Crippen molar-refractivity contribution in [3.8, 4) is 5.75 Å². The Morgan fingerprint density at radius 2 is 1.94 bits per heavy atom. The number of Topliss-reactive ketones (excluding diaryl/α,β-unsaturated/α-hetero) is 1. The first-order valence-electron chi connectivity index (χ1n) is 10.2. The van der Waals surface area contributed by atoms with Crippen LogP contribution in [0.5, 0.6) is 5.75 Å². The maximum atomic E-state index is 14.7. The van der Waals surface area contributed by atoms with Crippen molar-refractivity contribution < 1.29 is 28.6 Å². The fourth-order valence-corrected chi connectivity index (χ4v) is 3.91. The van der Waals surface area contributed by atoms with Gasteiger partial charge < -0.3 is 19.5 Å². The van der Waals surface area contributed by atoms with E-state index < -0.39 is 29.3 Å². The second kappa shape index (κ2) is 10.1. The second-order valence-electron chi connectivity index (χ2n) is 7.64. The predicted octanol–water partition coefficient (Wildman–Crippen LogP) is 4.72. The van der Waals surface area contributed by atoms with E-state index in [1.165, 1.54) is 48.4 Å². The van der Waals surface area contributed by atoms with Crippen LogP contribution in [0.2, 0.25) is 5.02 Å². The van der Waals surface area contributed by atoms with Gasteiger partial charge in [-0.05, 0) is 44.5 Å². The quantitative estimate of drug-likeness (QED) is 0.266. The summed E-state index contributed by atoms with van der Waals surface area (Å²) in [4.78, 5) is 27.1. The molecular weight excluding hydrogens is 437 g/mol. The Morgan fingerprint density at radius 3 is 2.56 bits per heavy atom. The Kier molecular flexibility index (Phi) is 7.53. The van der Waals surface area contributed by atoms with Gasteiger partial charge in [0.05, 0.1) is 29.9 Å². The molecule has 32 heavy (non-hydrogen) atoms. The lowest BCUT2D eigenvalue weighted by molar-refractivity contribution is -0.140. The number of hydrogen-bond donors (Lipinski definition) is 1. The molecule has 2 aromatic carbocycles. The van der Waals surface area contributed by atoms with E-state index in [-0.39, 0.29) is 34.4 Å². The Bertz CT molecular complexity index is 1050. The molecule has 2 aromatic rings. The molecular formula is C24H25ClFNO5. The first-order valence-corrected chi connectivity index (χ1v) is 10.6. The Morgan fingerprint density at radius 1 is 1.22 bits per heavy atom. The largest absolute Gasteiger partial charge is 0.507 e. The standard InChI is InChI=1S/C24H25ClFNO5/c1-14(2)32-12-6-11-27-21(16-7-4-5-8-18(16)26)20(23(29)24(27)30)22(28)15-9-10-19(31-3)17(25)13-15/h4-5,7-10,13-14,21,28H,6,11-12H2,1-3H3/b22-20+. The minimum atomic E-state index is -1.07. The molecule has 1 amide bonds. The first kappa shape index (κ1) is 23.8. The van der Waals surface area contributed by atoms with Crippen LogP contribution in [0, 0.1) is 5.82 Å². The number of hydrogen-bond acceptors (Lipinski definition) is 5. The van der Waals surface area contributed by atoms with Gasteiger partial charge in [0.2, 0.25) is 0 Å². The highest BCUT2D eigenvalue weighted by molar-refractivity contribution is 6.46. The number of halogens is 2.